The molecule has 8 nitrogen and oxygen atoms in total. The minimum atomic E-state index is -3.77. The van der Waals surface area contributed by atoms with Crippen LogP contribution >= 0.6 is 23.2 Å². The van der Waals surface area contributed by atoms with Crippen LogP contribution in [0.4, 0.5) is 14.5 Å². The number of sulfonamides is 1. The Morgan fingerprint density at radius 3 is 2.28 bits per heavy atom. The van der Waals surface area contributed by atoms with E-state index in [1.54, 1.807) is 0 Å². The minimum absolute atomic E-state index is 0.0289. The topological polar surface area (TPSA) is 130 Å². The molecule has 1 aliphatic rings. The Labute approximate surface area is 259 Å². The van der Waals surface area contributed by atoms with E-state index in [0.29, 0.717) is 6.42 Å². The van der Waals surface area contributed by atoms with Crippen LogP contribution in [-0.2, 0) is 20.4 Å². The number of nitrogens with two attached hydrogens (primary N) is 1. The second kappa shape index (κ2) is 12.1. The average molecular weight is 654 g/mol. The summed E-state index contributed by atoms with van der Waals surface area (Å²) >= 11 is 12.2. The first-order valence-electron chi connectivity index (χ1n) is 13.3. The maximum atomic E-state index is 15.7. The van der Waals surface area contributed by atoms with E-state index in [0.717, 1.165) is 12.3 Å². The molecule has 2 amide bonds. The van der Waals surface area contributed by atoms with Gasteiger partial charge in [-0.25, -0.2) is 21.9 Å². The third-order valence-electron chi connectivity index (χ3n) is 7.31. The van der Waals surface area contributed by atoms with Gasteiger partial charge in [-0.2, -0.15) is 0 Å². The second-order valence-corrected chi connectivity index (χ2v) is 14.5. The Morgan fingerprint density at radius 2 is 1.70 bits per heavy atom. The highest BCUT2D eigenvalue weighted by molar-refractivity contribution is 7.89. The number of hydrogen-bond donors (Lipinski definition) is 4. The lowest BCUT2D eigenvalue weighted by molar-refractivity contribution is -0.118. The van der Waals surface area contributed by atoms with Gasteiger partial charge in [0.15, 0.2) is 0 Å². The van der Waals surface area contributed by atoms with Crippen molar-refractivity contribution in [3.05, 3.63) is 99.0 Å². The van der Waals surface area contributed by atoms with Crippen molar-refractivity contribution in [2.24, 2.45) is 11.1 Å². The summed E-state index contributed by atoms with van der Waals surface area (Å²) < 4.78 is 56.0. The van der Waals surface area contributed by atoms with E-state index in [1.807, 2.05) is 25.5 Å². The first-order valence-corrected chi connectivity index (χ1v) is 15.9. The molecule has 43 heavy (non-hydrogen) atoms. The number of rotatable bonds is 7. The molecule has 1 heterocycles. The molecule has 0 spiro atoms. The van der Waals surface area contributed by atoms with Gasteiger partial charge < -0.3 is 16.4 Å². The summed E-state index contributed by atoms with van der Waals surface area (Å²) in [6, 6.07) is 12.1. The summed E-state index contributed by atoms with van der Waals surface area (Å²) in [5, 5.41) is 5.99. The molecule has 4 atom stereocenters. The average Bonchev–Trinajstić information content (AvgIpc) is 3.16. The van der Waals surface area contributed by atoms with Crippen LogP contribution in [0.1, 0.15) is 54.6 Å². The molecule has 0 saturated carbocycles. The second-order valence-electron chi connectivity index (χ2n) is 11.9. The molecular weight excluding hydrogens is 621 g/mol. The van der Waals surface area contributed by atoms with Crippen molar-refractivity contribution in [2.75, 3.05) is 11.6 Å². The van der Waals surface area contributed by atoms with Crippen LogP contribution in [0.2, 0.25) is 10.0 Å². The minimum Gasteiger partial charge on any atom is -0.325 e. The first-order chi connectivity index (χ1) is 19.9. The normalized spacial score (nSPS) is 22.3. The lowest BCUT2D eigenvalue weighted by atomic mass is 9.68. The van der Waals surface area contributed by atoms with E-state index < -0.39 is 57.0 Å². The summed E-state index contributed by atoms with van der Waals surface area (Å²) in [4.78, 5) is 26.1. The Hall–Kier alpha value is -3.09. The number of halogens is 4. The molecule has 1 fully saturated rings. The van der Waals surface area contributed by atoms with Gasteiger partial charge in [-0.3, -0.25) is 9.59 Å². The molecule has 3 aromatic carbocycles. The number of hydrogen-bond acceptors (Lipinski definition) is 6. The van der Waals surface area contributed by atoms with Crippen molar-refractivity contribution in [2.45, 2.75) is 50.7 Å². The largest absolute Gasteiger partial charge is 0.325 e. The van der Waals surface area contributed by atoms with Crippen molar-refractivity contribution >= 4 is 50.7 Å². The number of carbonyl (C=O) groups is 2. The van der Waals surface area contributed by atoms with Gasteiger partial charge in [0, 0.05) is 33.8 Å². The summed E-state index contributed by atoms with van der Waals surface area (Å²) in [7, 11) is -3.77. The van der Waals surface area contributed by atoms with Crippen molar-refractivity contribution in [3.63, 3.8) is 0 Å². The molecule has 1 saturated heterocycles. The van der Waals surface area contributed by atoms with Gasteiger partial charge in [0.2, 0.25) is 15.9 Å². The maximum Gasteiger partial charge on any atom is 0.264 e. The monoisotopic (exact) mass is 652 g/mol. The number of benzene rings is 3. The zero-order chi connectivity index (χ0) is 31.9. The van der Waals surface area contributed by atoms with E-state index in [1.165, 1.54) is 54.6 Å². The molecule has 5 N–H and O–H groups in total. The molecule has 0 unspecified atom stereocenters. The Morgan fingerprint density at radius 1 is 1.05 bits per heavy atom. The molecule has 230 valence electrons. The third-order valence-corrected chi connectivity index (χ3v) is 8.39. The molecule has 4 rings (SSSR count). The fraction of sp³-hybridized carbons (Fsp3) is 0.333. The van der Waals surface area contributed by atoms with Gasteiger partial charge in [0.25, 0.3) is 5.91 Å². The number of carbonyl (C=O) groups excluding carboxylic acids is 2. The van der Waals surface area contributed by atoms with E-state index in [2.05, 4.69) is 10.6 Å². The molecule has 0 aliphatic carbocycles. The highest BCUT2D eigenvalue weighted by Crippen LogP contribution is 2.50. The zero-order valence-corrected chi connectivity index (χ0v) is 26.2. The van der Waals surface area contributed by atoms with Crippen LogP contribution in [0.3, 0.4) is 0 Å². The maximum absolute atomic E-state index is 15.7. The lowest BCUT2D eigenvalue weighted by Gasteiger charge is -2.40. The quantitative estimate of drug-likeness (QED) is 0.274. The molecule has 0 bridgehead atoms. The number of nitrogens with one attached hydrogen (secondary N) is 3. The van der Waals surface area contributed by atoms with Gasteiger partial charge in [0.1, 0.15) is 11.6 Å². The summed E-state index contributed by atoms with van der Waals surface area (Å²) in [5.74, 6) is -4.05. The van der Waals surface area contributed by atoms with Gasteiger partial charge >= 0.3 is 0 Å². The van der Waals surface area contributed by atoms with Gasteiger partial charge in [-0.1, -0.05) is 62.2 Å². The van der Waals surface area contributed by atoms with Gasteiger partial charge in [-0.15, -0.1) is 0 Å². The van der Waals surface area contributed by atoms with Gasteiger partial charge in [-0.05, 0) is 59.9 Å². The highest BCUT2D eigenvalue weighted by Gasteiger charge is 2.58. The van der Waals surface area contributed by atoms with E-state index in [4.69, 9.17) is 28.9 Å². The van der Waals surface area contributed by atoms with E-state index in [-0.39, 0.29) is 37.8 Å². The molecular formula is C30H32Cl2F2N4O4S. The molecule has 1 aliphatic heterocycles. The van der Waals surface area contributed by atoms with Crippen molar-refractivity contribution in [3.8, 4) is 0 Å². The molecule has 3 aromatic rings. The zero-order valence-electron chi connectivity index (χ0n) is 23.8. The SMILES string of the molecule is CC(C)(C)C[C@@H]1N[C@@H](C(=O)Nc2ccc(C(=O)NS(C)(=O)=O)cc2)[C@H](c2cccc(Cl)c2F)[C@@]1(N)c1ccc(Cl)cc1F. The predicted molar refractivity (Wildman–Crippen MR) is 164 cm³/mol. The summed E-state index contributed by atoms with van der Waals surface area (Å²) in [6.07, 6.45) is 1.24. The Bertz CT molecular complexity index is 1670. The number of amides is 2. The van der Waals surface area contributed by atoms with Crippen LogP contribution in [0.15, 0.2) is 60.7 Å². The fourth-order valence-corrected chi connectivity index (χ4v) is 6.35. The van der Waals surface area contributed by atoms with E-state index >= 15 is 8.78 Å². The summed E-state index contributed by atoms with van der Waals surface area (Å²) in [5.41, 5.74) is 5.60. The number of anilines is 1. The first kappa shape index (κ1) is 32.8. The van der Waals surface area contributed by atoms with Crippen LogP contribution in [-0.4, -0.2) is 38.6 Å². The smallest absolute Gasteiger partial charge is 0.264 e. The van der Waals surface area contributed by atoms with E-state index in [9.17, 15) is 18.0 Å². The molecule has 13 heteroatoms. The van der Waals surface area contributed by atoms with Gasteiger partial charge in [0.05, 0.1) is 22.9 Å². The Balaban J connectivity index is 1.79. The summed E-state index contributed by atoms with van der Waals surface area (Å²) in [6.45, 7) is 5.91. The van der Waals surface area contributed by atoms with Crippen molar-refractivity contribution < 1.29 is 26.8 Å². The Kier molecular flexibility index (Phi) is 9.25. The highest BCUT2D eigenvalue weighted by atomic mass is 35.5. The predicted octanol–water partition coefficient (Wildman–Crippen LogP) is 5.31. The van der Waals surface area contributed by atoms with Crippen LogP contribution in [0.25, 0.3) is 0 Å². The van der Waals surface area contributed by atoms with Crippen molar-refractivity contribution in [1.29, 1.82) is 0 Å². The standard InChI is InChI=1S/C30H32Cl2F2N4O4S/c1-29(2,3)15-23-30(35,20-13-10-17(31)14-22(20)33)24(19-6-5-7-21(32)25(19)34)26(37-23)28(40)36-18-11-8-16(9-12-18)27(39)38-43(4,41)42/h5-14,23-24,26,37H,15,35H2,1-4H3,(H,36,40)(H,38,39)/t23-,24-,26+,30+/m0/s1. The third kappa shape index (κ3) is 7.18. The van der Waals surface area contributed by atoms with Crippen LogP contribution < -0.4 is 21.1 Å². The lowest BCUT2D eigenvalue weighted by Crippen LogP contribution is -2.52. The fourth-order valence-electron chi connectivity index (χ4n) is 5.56. The molecule has 0 radical (unpaired) electrons. The van der Waals surface area contributed by atoms with Crippen LogP contribution in [0, 0.1) is 17.0 Å². The van der Waals surface area contributed by atoms with Crippen molar-refractivity contribution in [1.82, 2.24) is 10.0 Å². The molecule has 0 aromatic heterocycles. The van der Waals surface area contributed by atoms with Crippen LogP contribution in [0.5, 0.6) is 0 Å².